The molecule has 20 heavy (non-hydrogen) atoms. The molecule has 0 bridgehead atoms. The fraction of sp³-hybridized carbons (Fsp3) is 0. The van der Waals surface area contributed by atoms with Crippen molar-refractivity contribution < 1.29 is 4.79 Å². The number of amides is 2. The van der Waals surface area contributed by atoms with Crippen molar-refractivity contribution in [1.82, 2.24) is 3.94 Å². The average Bonchev–Trinajstić information content (AvgIpc) is 2.44. The number of carbonyl (C=O) groups excluding carboxylic acids is 1. The van der Waals surface area contributed by atoms with Crippen molar-refractivity contribution in [3.63, 3.8) is 0 Å². The molecule has 0 aromatic heterocycles. The van der Waals surface area contributed by atoms with Gasteiger partial charge in [0.1, 0.15) is 0 Å². The number of hydrogen-bond acceptors (Lipinski definition) is 1. The summed E-state index contributed by atoms with van der Waals surface area (Å²) < 4.78 is 0.435. The van der Waals surface area contributed by atoms with Gasteiger partial charge in [-0.15, -0.1) is 3.94 Å². The van der Waals surface area contributed by atoms with Crippen LogP contribution < -0.4 is 4.90 Å². The first-order valence-electron chi connectivity index (χ1n) is 5.47. The smallest absolute Gasteiger partial charge is 0.259 e. The maximum Gasteiger partial charge on any atom is 0.359 e. The molecule has 0 atom stereocenters. The van der Waals surface area contributed by atoms with E-state index in [1.807, 2.05) is 6.07 Å². The molecule has 2 rings (SSSR count). The number of nitrogens with zero attached hydrogens (tertiary/aromatic N) is 2. The highest BCUT2D eigenvalue weighted by Gasteiger charge is 2.24. The first kappa shape index (κ1) is 15.3. The van der Waals surface area contributed by atoms with Gasteiger partial charge in [-0.1, -0.05) is 47.5 Å². The molecular formula is C13H8Cl4N2O. The molecule has 0 N–H and O–H groups in total. The molecule has 0 saturated carbocycles. The molecule has 0 saturated heterocycles. The van der Waals surface area contributed by atoms with Crippen molar-refractivity contribution in [2.75, 3.05) is 4.90 Å². The second kappa shape index (κ2) is 6.55. The monoisotopic (exact) mass is 348 g/mol. The number of carbonyl (C=O) groups is 1. The summed E-state index contributed by atoms with van der Waals surface area (Å²) in [5.41, 5.74) is 0.953. The van der Waals surface area contributed by atoms with E-state index in [0.29, 0.717) is 20.3 Å². The van der Waals surface area contributed by atoms with Gasteiger partial charge in [-0.25, -0.2) is 4.79 Å². The fourth-order valence-corrected chi connectivity index (χ4v) is 2.20. The quantitative estimate of drug-likeness (QED) is 0.622. The van der Waals surface area contributed by atoms with Gasteiger partial charge in [0.15, 0.2) is 0 Å². The third-order valence-electron chi connectivity index (χ3n) is 2.52. The molecule has 0 unspecified atom stereocenters. The molecule has 2 aromatic carbocycles. The highest BCUT2D eigenvalue weighted by molar-refractivity contribution is 6.45. The van der Waals surface area contributed by atoms with Gasteiger partial charge < -0.3 is 0 Å². The van der Waals surface area contributed by atoms with Crippen LogP contribution in [0, 0.1) is 0 Å². The van der Waals surface area contributed by atoms with Crippen molar-refractivity contribution in [2.45, 2.75) is 0 Å². The van der Waals surface area contributed by atoms with Crippen LogP contribution >= 0.6 is 46.8 Å². The molecule has 104 valence electrons. The number of urea groups is 1. The minimum Gasteiger partial charge on any atom is -0.259 e. The summed E-state index contributed by atoms with van der Waals surface area (Å²) in [5.74, 6) is 0. The van der Waals surface area contributed by atoms with E-state index in [1.54, 1.807) is 42.5 Å². The molecular weight excluding hydrogens is 342 g/mol. The molecule has 7 heteroatoms. The van der Waals surface area contributed by atoms with Gasteiger partial charge in [-0.3, -0.25) is 4.90 Å². The van der Waals surface area contributed by atoms with E-state index in [9.17, 15) is 4.79 Å². The van der Waals surface area contributed by atoms with Crippen LogP contribution in [-0.4, -0.2) is 9.97 Å². The van der Waals surface area contributed by atoms with E-state index in [4.69, 9.17) is 46.8 Å². The van der Waals surface area contributed by atoms with Gasteiger partial charge in [-0.2, -0.15) is 0 Å². The molecule has 0 spiro atoms. The van der Waals surface area contributed by atoms with Gasteiger partial charge >= 0.3 is 6.03 Å². The Hall–Kier alpha value is -1.13. The normalized spacial score (nSPS) is 10.2. The van der Waals surface area contributed by atoms with E-state index in [1.165, 1.54) is 4.90 Å². The SMILES string of the molecule is O=C(N(Cl)Cl)N(c1ccccc1)c1cccc(Cl)c1Cl. The summed E-state index contributed by atoms with van der Waals surface area (Å²) >= 11 is 23.2. The Kier molecular flexibility index (Phi) is 5.00. The van der Waals surface area contributed by atoms with Crippen LogP contribution in [-0.2, 0) is 0 Å². The third kappa shape index (κ3) is 3.13. The molecule has 0 aliphatic heterocycles. The van der Waals surface area contributed by atoms with E-state index >= 15 is 0 Å². The zero-order chi connectivity index (χ0) is 14.7. The molecule has 2 aromatic rings. The molecule has 0 heterocycles. The maximum absolute atomic E-state index is 12.2. The Bertz CT molecular complexity index is 619. The zero-order valence-corrected chi connectivity index (χ0v) is 13.0. The van der Waals surface area contributed by atoms with E-state index in [-0.39, 0.29) is 5.02 Å². The van der Waals surface area contributed by atoms with E-state index in [2.05, 4.69) is 0 Å². The second-order valence-electron chi connectivity index (χ2n) is 3.76. The Morgan fingerprint density at radius 3 is 2.15 bits per heavy atom. The fourth-order valence-electron chi connectivity index (χ4n) is 1.67. The lowest BCUT2D eigenvalue weighted by Crippen LogP contribution is -2.31. The highest BCUT2D eigenvalue weighted by Crippen LogP contribution is 2.37. The number of para-hydroxylation sites is 1. The third-order valence-corrected chi connectivity index (χ3v) is 3.62. The van der Waals surface area contributed by atoms with Gasteiger partial charge in [-0.05, 0) is 24.3 Å². The molecule has 0 fully saturated rings. The van der Waals surface area contributed by atoms with Crippen LogP contribution in [0.3, 0.4) is 0 Å². The summed E-state index contributed by atoms with van der Waals surface area (Å²) in [6.07, 6.45) is 0. The summed E-state index contributed by atoms with van der Waals surface area (Å²) in [7, 11) is 0. The van der Waals surface area contributed by atoms with Crippen LogP contribution in [0.2, 0.25) is 10.0 Å². The Morgan fingerprint density at radius 2 is 1.55 bits per heavy atom. The number of rotatable bonds is 2. The van der Waals surface area contributed by atoms with Crippen LogP contribution in [0.1, 0.15) is 0 Å². The maximum atomic E-state index is 12.2. The minimum atomic E-state index is -0.663. The van der Waals surface area contributed by atoms with Crippen LogP contribution in [0.15, 0.2) is 48.5 Å². The predicted octanol–water partition coefficient (Wildman–Crippen LogP) is 5.86. The summed E-state index contributed by atoms with van der Waals surface area (Å²) in [5, 5.41) is 0.565. The second-order valence-corrected chi connectivity index (χ2v) is 5.39. The van der Waals surface area contributed by atoms with Crippen molar-refractivity contribution >= 4 is 64.2 Å². The first-order valence-corrected chi connectivity index (χ1v) is 6.90. The molecule has 0 aliphatic carbocycles. The van der Waals surface area contributed by atoms with Crippen LogP contribution in [0.25, 0.3) is 0 Å². The Labute approximate surface area is 136 Å². The van der Waals surface area contributed by atoms with Gasteiger partial charge in [0.05, 0.1) is 21.4 Å². The lowest BCUT2D eigenvalue weighted by Gasteiger charge is -2.24. The number of anilines is 2. The number of hydrogen-bond donors (Lipinski definition) is 0. The van der Waals surface area contributed by atoms with Crippen LogP contribution in [0.4, 0.5) is 16.2 Å². The first-order chi connectivity index (χ1) is 9.52. The Balaban J connectivity index is 2.58. The number of benzene rings is 2. The van der Waals surface area contributed by atoms with Gasteiger partial charge in [0.2, 0.25) is 0 Å². The molecule has 0 radical (unpaired) electrons. The van der Waals surface area contributed by atoms with Crippen molar-refractivity contribution in [2.24, 2.45) is 0 Å². The molecule has 2 amide bonds. The standard InChI is InChI=1S/C13H8Cl4N2O/c14-10-7-4-8-11(12(10)15)18(13(20)19(16)17)9-5-2-1-3-6-9/h1-8H. The highest BCUT2D eigenvalue weighted by atomic mass is 35.5. The predicted molar refractivity (Wildman–Crippen MR) is 84.0 cm³/mol. The lowest BCUT2D eigenvalue weighted by molar-refractivity contribution is 0.244. The van der Waals surface area contributed by atoms with E-state index < -0.39 is 6.03 Å². The van der Waals surface area contributed by atoms with E-state index in [0.717, 1.165) is 0 Å². The molecule has 0 aliphatic rings. The number of halogens is 4. The van der Waals surface area contributed by atoms with Crippen LogP contribution in [0.5, 0.6) is 0 Å². The van der Waals surface area contributed by atoms with Crippen molar-refractivity contribution in [1.29, 1.82) is 0 Å². The summed E-state index contributed by atoms with van der Waals surface area (Å²) in [4.78, 5) is 13.5. The topological polar surface area (TPSA) is 23.6 Å². The largest absolute Gasteiger partial charge is 0.359 e. The molecule has 3 nitrogen and oxygen atoms in total. The lowest BCUT2D eigenvalue weighted by atomic mass is 10.2. The summed E-state index contributed by atoms with van der Waals surface area (Å²) in [6, 6.07) is 13.1. The van der Waals surface area contributed by atoms with Crippen molar-refractivity contribution in [3.8, 4) is 0 Å². The van der Waals surface area contributed by atoms with Crippen molar-refractivity contribution in [3.05, 3.63) is 58.6 Å². The Morgan fingerprint density at radius 1 is 0.900 bits per heavy atom. The van der Waals surface area contributed by atoms with Gasteiger partial charge in [0.25, 0.3) is 0 Å². The zero-order valence-electron chi connectivity index (χ0n) is 9.93. The minimum absolute atomic E-state index is 0.238. The average molecular weight is 350 g/mol. The van der Waals surface area contributed by atoms with Gasteiger partial charge in [0, 0.05) is 23.6 Å². The summed E-state index contributed by atoms with van der Waals surface area (Å²) in [6.45, 7) is 0.